The minimum Gasteiger partial charge on any atom is -0.348 e. The van der Waals surface area contributed by atoms with E-state index < -0.39 is 0 Å². The Labute approximate surface area is 92.9 Å². The van der Waals surface area contributed by atoms with Crippen molar-refractivity contribution in [2.24, 2.45) is 0 Å². The Bertz CT molecular complexity index is 210. The highest BCUT2D eigenvalue weighted by Gasteiger charge is 1.99. The van der Waals surface area contributed by atoms with Crippen molar-refractivity contribution in [3.8, 4) is 0 Å². The van der Waals surface area contributed by atoms with Gasteiger partial charge in [0.15, 0.2) is 0 Å². The smallest absolute Gasteiger partial charge is 0.106 e. The van der Waals surface area contributed by atoms with Crippen molar-refractivity contribution in [2.45, 2.75) is 52.4 Å². The topological polar surface area (TPSA) is 28.7 Å². The minimum atomic E-state index is 0. The molecule has 3 heteroatoms. The number of hydrogen-bond acceptors (Lipinski definition) is 1. The van der Waals surface area contributed by atoms with Gasteiger partial charge in [-0.2, -0.15) is 0 Å². The Hall–Kier alpha value is -0.500. The highest BCUT2D eigenvalue weighted by Crippen LogP contribution is 2.05. The lowest BCUT2D eigenvalue weighted by atomic mass is 10.2. The molecule has 0 saturated heterocycles. The van der Waals surface area contributed by atoms with E-state index in [1.54, 1.807) is 0 Å². The molecule has 0 spiro atoms. The number of halogens is 1. The molecule has 0 bridgehead atoms. The van der Waals surface area contributed by atoms with Crippen LogP contribution in [0.2, 0.25) is 0 Å². The zero-order valence-electron chi connectivity index (χ0n) is 9.18. The van der Waals surface area contributed by atoms with E-state index in [0.717, 1.165) is 18.7 Å². The van der Waals surface area contributed by atoms with E-state index in [0.29, 0.717) is 0 Å². The van der Waals surface area contributed by atoms with Crippen molar-refractivity contribution in [3.05, 3.63) is 17.7 Å². The van der Waals surface area contributed by atoms with Crippen LogP contribution in [0.5, 0.6) is 0 Å². The largest absolute Gasteiger partial charge is 0.348 e. The molecule has 0 aliphatic carbocycles. The van der Waals surface area contributed by atoms with Gasteiger partial charge in [-0.1, -0.05) is 26.7 Å². The average molecular weight is 217 g/mol. The van der Waals surface area contributed by atoms with Crippen LogP contribution in [0.15, 0.2) is 6.20 Å². The van der Waals surface area contributed by atoms with Gasteiger partial charge in [0.05, 0.1) is 5.69 Å². The lowest BCUT2D eigenvalue weighted by molar-refractivity contribution is 0.749. The first-order valence-electron chi connectivity index (χ1n) is 5.40. The third-order valence-electron chi connectivity index (χ3n) is 2.24. The van der Waals surface area contributed by atoms with Crippen LogP contribution in [0.1, 0.15) is 51.0 Å². The summed E-state index contributed by atoms with van der Waals surface area (Å²) in [6.45, 7) is 4.42. The van der Waals surface area contributed by atoms with Crippen LogP contribution < -0.4 is 0 Å². The summed E-state index contributed by atoms with van der Waals surface area (Å²) in [5.74, 6) is 1.16. The molecule has 0 aliphatic heterocycles. The summed E-state index contributed by atoms with van der Waals surface area (Å²) in [6.07, 6.45) is 9.25. The van der Waals surface area contributed by atoms with Crippen LogP contribution in [-0.2, 0) is 12.8 Å². The van der Waals surface area contributed by atoms with E-state index in [1.165, 1.54) is 31.4 Å². The molecule has 2 nitrogen and oxygen atoms in total. The number of rotatable bonds is 6. The van der Waals surface area contributed by atoms with Gasteiger partial charge in [-0.25, -0.2) is 4.98 Å². The molecule has 0 saturated carbocycles. The normalized spacial score (nSPS) is 9.86. The van der Waals surface area contributed by atoms with Gasteiger partial charge in [0.2, 0.25) is 0 Å². The van der Waals surface area contributed by atoms with Crippen molar-refractivity contribution < 1.29 is 0 Å². The Morgan fingerprint density at radius 2 is 1.79 bits per heavy atom. The standard InChI is InChI=1S/C11H20N2.ClH/c1-3-5-7-10-9-12-11(13-10)8-6-4-2;/h9H,3-8H2,1-2H3,(H,12,13);1H. The van der Waals surface area contributed by atoms with E-state index in [4.69, 9.17) is 0 Å². The number of imidazole rings is 1. The summed E-state index contributed by atoms with van der Waals surface area (Å²) in [7, 11) is 0. The van der Waals surface area contributed by atoms with Crippen molar-refractivity contribution in [1.82, 2.24) is 9.97 Å². The molecular weight excluding hydrogens is 196 g/mol. The minimum absolute atomic E-state index is 0. The monoisotopic (exact) mass is 216 g/mol. The number of aromatic nitrogens is 2. The molecule has 0 amide bonds. The number of aryl methyl sites for hydroxylation is 2. The van der Waals surface area contributed by atoms with Gasteiger partial charge in [0.25, 0.3) is 0 Å². The maximum atomic E-state index is 4.53. The van der Waals surface area contributed by atoms with E-state index in [9.17, 15) is 0 Å². The Balaban J connectivity index is 0.00000169. The Kier molecular flexibility index (Phi) is 7.58. The molecule has 0 unspecified atom stereocenters. The molecule has 0 radical (unpaired) electrons. The van der Waals surface area contributed by atoms with Gasteiger partial charge < -0.3 is 4.98 Å². The van der Waals surface area contributed by atoms with Gasteiger partial charge in [-0.05, 0) is 19.3 Å². The fourth-order valence-electron chi connectivity index (χ4n) is 1.36. The quantitative estimate of drug-likeness (QED) is 0.775. The van der Waals surface area contributed by atoms with Gasteiger partial charge in [0.1, 0.15) is 5.82 Å². The number of H-pyrrole nitrogens is 1. The van der Waals surface area contributed by atoms with E-state index in [-0.39, 0.29) is 12.4 Å². The molecule has 1 aromatic heterocycles. The van der Waals surface area contributed by atoms with Crippen LogP contribution in [0, 0.1) is 0 Å². The first kappa shape index (κ1) is 13.5. The summed E-state index contributed by atoms with van der Waals surface area (Å²) >= 11 is 0. The third-order valence-corrected chi connectivity index (χ3v) is 2.24. The number of aromatic amines is 1. The van der Waals surface area contributed by atoms with Crippen molar-refractivity contribution in [1.29, 1.82) is 0 Å². The zero-order valence-corrected chi connectivity index (χ0v) is 9.99. The van der Waals surface area contributed by atoms with Crippen molar-refractivity contribution in [3.63, 3.8) is 0 Å². The molecule has 0 aliphatic rings. The van der Waals surface area contributed by atoms with Crippen molar-refractivity contribution >= 4 is 12.4 Å². The third kappa shape index (κ3) is 4.66. The van der Waals surface area contributed by atoms with Gasteiger partial charge in [-0.15, -0.1) is 12.4 Å². The van der Waals surface area contributed by atoms with Crippen LogP contribution in [0.3, 0.4) is 0 Å². The molecule has 1 N–H and O–H groups in total. The highest BCUT2D eigenvalue weighted by atomic mass is 35.5. The van der Waals surface area contributed by atoms with Crippen molar-refractivity contribution in [2.75, 3.05) is 0 Å². The zero-order chi connectivity index (χ0) is 9.52. The SMILES string of the molecule is CCCCc1c[nH]c(CCCC)n1.Cl. The van der Waals surface area contributed by atoms with Gasteiger partial charge in [0, 0.05) is 12.6 Å². The molecule has 1 aromatic rings. The van der Waals surface area contributed by atoms with Gasteiger partial charge >= 0.3 is 0 Å². The first-order chi connectivity index (χ1) is 6.36. The average Bonchev–Trinajstić information content (AvgIpc) is 2.59. The van der Waals surface area contributed by atoms with E-state index in [2.05, 4.69) is 30.0 Å². The van der Waals surface area contributed by atoms with Crippen LogP contribution in [0.4, 0.5) is 0 Å². The second-order valence-corrected chi connectivity index (χ2v) is 3.55. The number of unbranched alkanes of at least 4 members (excludes halogenated alkanes) is 2. The molecule has 0 atom stereocenters. The number of nitrogens with one attached hydrogen (secondary N) is 1. The lowest BCUT2D eigenvalue weighted by Crippen LogP contribution is -1.89. The molecular formula is C11H21ClN2. The van der Waals surface area contributed by atoms with Crippen LogP contribution in [-0.4, -0.2) is 9.97 Å². The molecule has 14 heavy (non-hydrogen) atoms. The van der Waals surface area contributed by atoms with E-state index in [1.807, 2.05) is 0 Å². The molecule has 1 rings (SSSR count). The molecule has 0 fully saturated rings. The molecule has 1 heterocycles. The summed E-state index contributed by atoms with van der Waals surface area (Å²) in [5, 5.41) is 0. The van der Waals surface area contributed by atoms with Gasteiger partial charge in [-0.3, -0.25) is 0 Å². The Morgan fingerprint density at radius 3 is 2.43 bits per heavy atom. The maximum absolute atomic E-state index is 4.53. The fraction of sp³-hybridized carbons (Fsp3) is 0.727. The predicted molar refractivity (Wildman–Crippen MR) is 63.1 cm³/mol. The van der Waals surface area contributed by atoms with E-state index >= 15 is 0 Å². The number of hydrogen-bond donors (Lipinski definition) is 1. The molecule has 82 valence electrons. The van der Waals surface area contributed by atoms with Crippen LogP contribution >= 0.6 is 12.4 Å². The maximum Gasteiger partial charge on any atom is 0.106 e. The second kappa shape index (κ2) is 7.86. The molecule has 0 aromatic carbocycles. The predicted octanol–water partition coefficient (Wildman–Crippen LogP) is 3.52. The summed E-state index contributed by atoms with van der Waals surface area (Å²) < 4.78 is 0. The summed E-state index contributed by atoms with van der Waals surface area (Å²) in [4.78, 5) is 7.77. The lowest BCUT2D eigenvalue weighted by Gasteiger charge is -1.93. The first-order valence-corrected chi connectivity index (χ1v) is 5.40. The summed E-state index contributed by atoms with van der Waals surface area (Å²) in [5.41, 5.74) is 1.23. The second-order valence-electron chi connectivity index (χ2n) is 3.55. The summed E-state index contributed by atoms with van der Waals surface area (Å²) in [6, 6.07) is 0. The number of nitrogens with zero attached hydrogens (tertiary/aromatic N) is 1. The fourth-order valence-corrected chi connectivity index (χ4v) is 1.36. The Morgan fingerprint density at radius 1 is 1.14 bits per heavy atom. The van der Waals surface area contributed by atoms with Crippen LogP contribution in [0.25, 0.3) is 0 Å². The highest BCUT2D eigenvalue weighted by molar-refractivity contribution is 5.85.